The molecule has 0 unspecified atom stereocenters. The van der Waals surface area contributed by atoms with Gasteiger partial charge in [0.05, 0.1) is 17.7 Å². The summed E-state index contributed by atoms with van der Waals surface area (Å²) >= 11 is 5.98. The molecular weight excluding hydrogens is 529 g/mol. The first-order valence-corrected chi connectivity index (χ1v) is 13.1. The van der Waals surface area contributed by atoms with Crippen LogP contribution in [0.2, 0.25) is 5.02 Å². The van der Waals surface area contributed by atoms with Crippen LogP contribution in [0, 0.1) is 5.41 Å². The van der Waals surface area contributed by atoms with Gasteiger partial charge in [0.1, 0.15) is 5.75 Å². The summed E-state index contributed by atoms with van der Waals surface area (Å²) in [7, 11) is 1.75. The van der Waals surface area contributed by atoms with E-state index >= 15 is 0 Å². The van der Waals surface area contributed by atoms with Gasteiger partial charge in [-0.1, -0.05) is 54.1 Å². The minimum atomic E-state index is -4.63. The molecule has 1 fully saturated rings. The third-order valence-electron chi connectivity index (χ3n) is 7.15. The van der Waals surface area contributed by atoms with Gasteiger partial charge in [-0.3, -0.25) is 9.59 Å². The lowest BCUT2D eigenvalue weighted by molar-refractivity contribution is -0.138. The molecule has 0 bridgehead atoms. The fourth-order valence-corrected chi connectivity index (χ4v) is 4.94. The molecule has 3 aromatic carbocycles. The Balaban J connectivity index is 1.49. The standard InChI is InChI=1S/C30H30ClF3N2O3/c1-35(20-22-7-3-2-4-8-22)27(37)19-29(21-39-24-13-11-23(31)12-14-24)15-17-36(18-16-29)28(38)25-9-5-6-10-26(25)30(32,33)34/h2-14H,15-21H2,1H3. The molecule has 0 aromatic heterocycles. The number of piperidine rings is 1. The average Bonchev–Trinajstić information content (AvgIpc) is 2.93. The largest absolute Gasteiger partial charge is 0.493 e. The van der Waals surface area contributed by atoms with Crippen molar-refractivity contribution in [2.24, 2.45) is 5.41 Å². The fraction of sp³-hybridized carbons (Fsp3) is 0.333. The number of rotatable bonds is 8. The van der Waals surface area contributed by atoms with Crippen LogP contribution in [0.25, 0.3) is 0 Å². The van der Waals surface area contributed by atoms with E-state index in [1.54, 1.807) is 36.2 Å². The van der Waals surface area contributed by atoms with Crippen molar-refractivity contribution in [2.45, 2.75) is 32.0 Å². The number of carbonyl (C=O) groups is 2. The Labute approximate surface area is 231 Å². The number of amides is 2. The minimum absolute atomic E-state index is 0.0687. The molecule has 0 saturated carbocycles. The maximum absolute atomic E-state index is 13.5. The van der Waals surface area contributed by atoms with Gasteiger partial charge in [0.2, 0.25) is 5.91 Å². The molecule has 0 aliphatic carbocycles. The number of carbonyl (C=O) groups excluding carboxylic acids is 2. The lowest BCUT2D eigenvalue weighted by Crippen LogP contribution is -2.47. The molecule has 0 N–H and O–H groups in total. The van der Waals surface area contributed by atoms with Crippen LogP contribution in [-0.4, -0.2) is 48.4 Å². The number of nitrogens with zero attached hydrogens (tertiary/aromatic N) is 2. The van der Waals surface area contributed by atoms with E-state index in [1.165, 1.54) is 23.1 Å². The zero-order valence-corrected chi connectivity index (χ0v) is 22.3. The summed E-state index contributed by atoms with van der Waals surface area (Å²) in [6.07, 6.45) is -3.63. The van der Waals surface area contributed by atoms with Crippen molar-refractivity contribution in [2.75, 3.05) is 26.7 Å². The molecule has 0 radical (unpaired) electrons. The SMILES string of the molecule is CN(Cc1ccccc1)C(=O)CC1(COc2ccc(Cl)cc2)CCN(C(=O)c2ccccc2C(F)(F)F)CC1. The van der Waals surface area contributed by atoms with E-state index in [4.69, 9.17) is 16.3 Å². The number of halogens is 4. The molecule has 4 rings (SSSR count). The molecule has 1 saturated heterocycles. The van der Waals surface area contributed by atoms with Gasteiger partial charge in [-0.15, -0.1) is 0 Å². The Bertz CT molecular complexity index is 1270. The molecule has 3 aromatic rings. The molecule has 2 amide bonds. The van der Waals surface area contributed by atoms with Crippen molar-refractivity contribution in [3.8, 4) is 5.75 Å². The molecule has 0 spiro atoms. The van der Waals surface area contributed by atoms with Crippen LogP contribution < -0.4 is 4.74 Å². The maximum atomic E-state index is 13.5. The predicted octanol–water partition coefficient (Wildman–Crippen LogP) is 6.71. The number of benzene rings is 3. The zero-order valence-electron chi connectivity index (χ0n) is 21.6. The molecule has 1 heterocycles. The van der Waals surface area contributed by atoms with Crippen LogP contribution in [0.3, 0.4) is 0 Å². The third kappa shape index (κ3) is 7.32. The lowest BCUT2D eigenvalue weighted by Gasteiger charge is -2.42. The highest BCUT2D eigenvalue weighted by Crippen LogP contribution is 2.38. The van der Waals surface area contributed by atoms with Crippen LogP contribution in [0.15, 0.2) is 78.9 Å². The first-order chi connectivity index (χ1) is 18.6. The van der Waals surface area contributed by atoms with Crippen molar-refractivity contribution < 1.29 is 27.5 Å². The number of ether oxygens (including phenoxy) is 1. The minimum Gasteiger partial charge on any atom is -0.493 e. The molecule has 0 atom stereocenters. The van der Waals surface area contributed by atoms with E-state index < -0.39 is 23.1 Å². The first kappa shape index (κ1) is 28.5. The maximum Gasteiger partial charge on any atom is 0.417 e. The molecule has 1 aliphatic heterocycles. The van der Waals surface area contributed by atoms with Crippen LogP contribution in [0.4, 0.5) is 13.2 Å². The Morgan fingerprint density at radius 1 is 0.949 bits per heavy atom. The monoisotopic (exact) mass is 558 g/mol. The van der Waals surface area contributed by atoms with Gasteiger partial charge in [-0.05, 0) is 54.8 Å². The summed E-state index contributed by atoms with van der Waals surface area (Å²) < 4.78 is 46.6. The second-order valence-electron chi connectivity index (χ2n) is 9.99. The Morgan fingerprint density at radius 2 is 1.56 bits per heavy atom. The Morgan fingerprint density at radius 3 is 2.21 bits per heavy atom. The summed E-state index contributed by atoms with van der Waals surface area (Å²) in [5.74, 6) is -0.134. The molecular formula is C30H30ClF3N2O3. The van der Waals surface area contributed by atoms with E-state index in [-0.39, 0.29) is 37.6 Å². The Kier molecular flexibility index (Phi) is 8.85. The average molecular weight is 559 g/mol. The second-order valence-corrected chi connectivity index (χ2v) is 10.4. The van der Waals surface area contributed by atoms with Gasteiger partial charge in [0, 0.05) is 43.5 Å². The highest BCUT2D eigenvalue weighted by Gasteiger charge is 2.41. The molecule has 9 heteroatoms. The second kappa shape index (κ2) is 12.1. The van der Waals surface area contributed by atoms with Crippen LogP contribution in [0.5, 0.6) is 5.75 Å². The van der Waals surface area contributed by atoms with Crippen molar-refractivity contribution in [1.82, 2.24) is 9.80 Å². The molecule has 39 heavy (non-hydrogen) atoms. The van der Waals surface area contributed by atoms with Gasteiger partial charge >= 0.3 is 6.18 Å². The van der Waals surface area contributed by atoms with Gasteiger partial charge in [0.25, 0.3) is 5.91 Å². The third-order valence-corrected chi connectivity index (χ3v) is 7.40. The highest BCUT2D eigenvalue weighted by atomic mass is 35.5. The summed E-state index contributed by atoms with van der Waals surface area (Å²) in [6.45, 7) is 1.10. The lowest BCUT2D eigenvalue weighted by atomic mass is 9.75. The van der Waals surface area contributed by atoms with Crippen LogP contribution in [-0.2, 0) is 17.5 Å². The smallest absolute Gasteiger partial charge is 0.417 e. The molecule has 5 nitrogen and oxygen atoms in total. The van der Waals surface area contributed by atoms with Crippen LogP contribution in [0.1, 0.15) is 40.7 Å². The summed E-state index contributed by atoms with van der Waals surface area (Å²) in [5, 5.41) is 0.570. The summed E-state index contributed by atoms with van der Waals surface area (Å²) in [6, 6.07) is 21.4. The van der Waals surface area contributed by atoms with E-state index in [2.05, 4.69) is 0 Å². The predicted molar refractivity (Wildman–Crippen MR) is 143 cm³/mol. The quantitative estimate of drug-likeness (QED) is 0.309. The van der Waals surface area contributed by atoms with Crippen LogP contribution >= 0.6 is 11.6 Å². The first-order valence-electron chi connectivity index (χ1n) is 12.7. The van der Waals surface area contributed by atoms with Crippen molar-refractivity contribution in [1.29, 1.82) is 0 Å². The van der Waals surface area contributed by atoms with E-state index in [1.807, 2.05) is 30.3 Å². The summed E-state index contributed by atoms with van der Waals surface area (Å²) in [4.78, 5) is 29.5. The number of likely N-dealkylation sites (tertiary alicyclic amines) is 1. The van der Waals surface area contributed by atoms with E-state index in [0.717, 1.165) is 11.6 Å². The van der Waals surface area contributed by atoms with Crippen molar-refractivity contribution >= 4 is 23.4 Å². The topological polar surface area (TPSA) is 49.9 Å². The number of hydrogen-bond acceptors (Lipinski definition) is 3. The fourth-order valence-electron chi connectivity index (χ4n) is 4.81. The van der Waals surface area contributed by atoms with Crippen molar-refractivity contribution in [3.63, 3.8) is 0 Å². The van der Waals surface area contributed by atoms with Crippen molar-refractivity contribution in [3.05, 3.63) is 101 Å². The van der Waals surface area contributed by atoms with E-state index in [0.29, 0.717) is 30.2 Å². The van der Waals surface area contributed by atoms with E-state index in [9.17, 15) is 22.8 Å². The Hall–Kier alpha value is -3.52. The number of hydrogen-bond donors (Lipinski definition) is 0. The van der Waals surface area contributed by atoms with Gasteiger partial charge in [-0.2, -0.15) is 13.2 Å². The number of alkyl halides is 3. The van der Waals surface area contributed by atoms with Gasteiger partial charge < -0.3 is 14.5 Å². The zero-order chi connectivity index (χ0) is 28.0. The van der Waals surface area contributed by atoms with Gasteiger partial charge in [0.15, 0.2) is 0 Å². The summed E-state index contributed by atoms with van der Waals surface area (Å²) in [5.41, 5.74) is -0.907. The molecule has 1 aliphatic rings. The molecule has 206 valence electrons. The highest BCUT2D eigenvalue weighted by molar-refractivity contribution is 6.30. The van der Waals surface area contributed by atoms with Gasteiger partial charge in [-0.25, -0.2) is 0 Å². The normalized spacial score (nSPS) is 15.1.